The molecule has 0 spiro atoms. The monoisotopic (exact) mass is 558 g/mol. The van der Waals surface area contributed by atoms with Crippen molar-refractivity contribution in [1.29, 1.82) is 0 Å². The van der Waals surface area contributed by atoms with E-state index in [1.165, 1.54) is 17.5 Å². The van der Waals surface area contributed by atoms with E-state index in [2.05, 4.69) is 93.5 Å². The van der Waals surface area contributed by atoms with Crippen molar-refractivity contribution in [1.82, 2.24) is 0 Å². The van der Waals surface area contributed by atoms with Gasteiger partial charge in [0.05, 0.1) is 11.6 Å². The molecule has 41 heavy (non-hydrogen) atoms. The van der Waals surface area contributed by atoms with Crippen LogP contribution in [0.5, 0.6) is 11.5 Å². The molecule has 0 heterocycles. The number of nitrogens with zero attached hydrogens (tertiary/aromatic N) is 2. The highest BCUT2D eigenvalue weighted by Gasteiger charge is 2.52. The number of rotatable bonds is 8. The molecule has 4 rings (SSSR count). The Hall–Kier alpha value is -2.62. The molecule has 2 aromatic carbocycles. The van der Waals surface area contributed by atoms with Crippen LogP contribution in [0.2, 0.25) is 0 Å². The largest absolute Gasteiger partial charge is 0.507 e. The quantitative estimate of drug-likeness (QED) is 0.318. The Labute approximate surface area is 249 Å². The Balaban J connectivity index is 1.69. The summed E-state index contributed by atoms with van der Waals surface area (Å²) in [4.78, 5) is 10.4. The number of aromatic hydroxyl groups is 2. The second kappa shape index (κ2) is 11.6. The molecule has 3 unspecified atom stereocenters. The maximum atomic E-state index is 11.3. The number of phenolic OH excluding ortho intramolecular Hbond substituents is 2. The molecule has 0 saturated heterocycles. The van der Waals surface area contributed by atoms with Crippen LogP contribution in [0.25, 0.3) is 0 Å². The minimum Gasteiger partial charge on any atom is -0.507 e. The van der Waals surface area contributed by atoms with Gasteiger partial charge in [0.25, 0.3) is 0 Å². The molecule has 2 aliphatic carbocycles. The normalized spacial score (nSPS) is 23.2. The van der Waals surface area contributed by atoms with Gasteiger partial charge in [-0.25, -0.2) is 0 Å². The summed E-state index contributed by atoms with van der Waals surface area (Å²) < 4.78 is 0. The molecule has 2 fully saturated rings. The van der Waals surface area contributed by atoms with Crippen LogP contribution < -0.4 is 0 Å². The summed E-state index contributed by atoms with van der Waals surface area (Å²) >= 11 is 0. The van der Waals surface area contributed by atoms with Gasteiger partial charge in [0.15, 0.2) is 0 Å². The fourth-order valence-corrected chi connectivity index (χ4v) is 6.93. The minimum atomic E-state index is -0.248. The van der Waals surface area contributed by atoms with Crippen molar-refractivity contribution in [3.8, 4) is 11.5 Å². The minimum absolute atomic E-state index is 0.0758. The van der Waals surface area contributed by atoms with Crippen molar-refractivity contribution in [3.05, 3.63) is 57.6 Å². The van der Waals surface area contributed by atoms with Gasteiger partial charge < -0.3 is 10.2 Å². The van der Waals surface area contributed by atoms with E-state index < -0.39 is 0 Å². The number of phenols is 2. The molecule has 2 aromatic rings. The zero-order chi connectivity index (χ0) is 30.3. The van der Waals surface area contributed by atoms with Crippen molar-refractivity contribution < 1.29 is 10.2 Å². The number of aliphatic imine (C=N–C) groups is 2. The van der Waals surface area contributed by atoms with Gasteiger partial charge in [0.1, 0.15) is 11.5 Å². The smallest absolute Gasteiger partial charge is 0.128 e. The molecule has 4 nitrogen and oxygen atoms in total. The van der Waals surface area contributed by atoms with Crippen LogP contribution in [0.4, 0.5) is 0 Å². The van der Waals surface area contributed by atoms with Crippen molar-refractivity contribution in [2.75, 3.05) is 0 Å². The van der Waals surface area contributed by atoms with Crippen molar-refractivity contribution >= 4 is 12.4 Å². The number of fused-ring (bicyclic) bond motifs is 2. The Morgan fingerprint density at radius 3 is 1.73 bits per heavy atom. The van der Waals surface area contributed by atoms with Gasteiger partial charge >= 0.3 is 0 Å². The van der Waals surface area contributed by atoms with Crippen LogP contribution in [-0.2, 0) is 23.7 Å². The lowest BCUT2D eigenvalue weighted by Gasteiger charge is -2.29. The second-order valence-electron chi connectivity index (χ2n) is 15.9. The number of benzene rings is 2. The van der Waals surface area contributed by atoms with E-state index in [1.807, 2.05) is 12.4 Å². The average Bonchev–Trinajstić information content (AvgIpc) is 3.40. The highest BCUT2D eigenvalue weighted by molar-refractivity contribution is 5.86. The van der Waals surface area contributed by atoms with Gasteiger partial charge in [-0.1, -0.05) is 81.4 Å². The van der Waals surface area contributed by atoms with Gasteiger partial charge in [-0.05, 0) is 90.4 Å². The van der Waals surface area contributed by atoms with Gasteiger partial charge in [-0.3, -0.25) is 9.98 Å². The predicted octanol–water partition coefficient (Wildman–Crippen LogP) is 8.94. The van der Waals surface area contributed by atoms with E-state index in [-0.39, 0.29) is 22.4 Å². The Morgan fingerprint density at radius 1 is 0.805 bits per heavy atom. The van der Waals surface area contributed by atoms with Crippen molar-refractivity contribution in [2.45, 2.75) is 130 Å². The highest BCUT2D eigenvalue weighted by atomic mass is 16.3. The summed E-state index contributed by atoms with van der Waals surface area (Å²) in [6.07, 6.45) is 10.1. The third-order valence-corrected chi connectivity index (χ3v) is 8.96. The van der Waals surface area contributed by atoms with E-state index in [0.29, 0.717) is 29.3 Å². The molecule has 3 atom stereocenters. The average molecular weight is 559 g/mol. The summed E-state index contributed by atoms with van der Waals surface area (Å²) in [5, 5.41) is 22.6. The molecule has 0 amide bonds. The molecule has 2 aliphatic rings. The van der Waals surface area contributed by atoms with Crippen molar-refractivity contribution in [2.24, 2.45) is 27.7 Å². The molecule has 2 saturated carbocycles. The maximum Gasteiger partial charge on any atom is 0.128 e. The topological polar surface area (TPSA) is 65.2 Å². The first-order valence-corrected chi connectivity index (χ1v) is 15.8. The molecule has 4 heteroatoms. The Kier molecular flexibility index (Phi) is 8.84. The molecule has 0 aliphatic heterocycles. The SMILES string of the molecule is CC(C)Cc1cc(C=NC2CC3CCC2(N=Cc2cc(CC(C)C)cc(C(C)(C)C)c2O)C3)c(O)c(C(C)(C)C)c1. The fraction of sp³-hybridized carbons (Fsp3) is 0.622. The molecule has 2 N–H and O–H groups in total. The van der Waals surface area contributed by atoms with Gasteiger partial charge in [-0.15, -0.1) is 0 Å². The molecule has 0 aromatic heterocycles. The van der Waals surface area contributed by atoms with Gasteiger partial charge in [0, 0.05) is 34.7 Å². The van der Waals surface area contributed by atoms with E-state index in [0.717, 1.165) is 54.4 Å². The first-order chi connectivity index (χ1) is 19.0. The van der Waals surface area contributed by atoms with E-state index >= 15 is 0 Å². The number of hydrogen-bond donors (Lipinski definition) is 2. The third-order valence-electron chi connectivity index (χ3n) is 8.96. The second-order valence-corrected chi connectivity index (χ2v) is 15.9. The highest BCUT2D eigenvalue weighted by Crippen LogP contribution is 2.52. The van der Waals surface area contributed by atoms with Crippen LogP contribution in [0, 0.1) is 17.8 Å². The molecule has 0 radical (unpaired) electrons. The van der Waals surface area contributed by atoms with Gasteiger partial charge in [0.2, 0.25) is 0 Å². The van der Waals surface area contributed by atoms with Gasteiger partial charge in [-0.2, -0.15) is 0 Å². The lowest BCUT2D eigenvalue weighted by molar-refractivity contribution is 0.367. The molecular formula is C37H54N2O2. The summed E-state index contributed by atoms with van der Waals surface area (Å²) in [5.41, 5.74) is 5.51. The van der Waals surface area contributed by atoms with Crippen LogP contribution >= 0.6 is 0 Å². The summed E-state index contributed by atoms with van der Waals surface area (Å²) in [6, 6.07) is 8.65. The number of hydrogen-bond acceptors (Lipinski definition) is 4. The predicted molar refractivity (Wildman–Crippen MR) is 174 cm³/mol. The van der Waals surface area contributed by atoms with Crippen LogP contribution in [-0.4, -0.2) is 34.2 Å². The standard InChI is InChI=1S/C37H54N2O2/c1-23(2)13-26-15-28(33(40)30(17-26)35(5,6)7)21-38-32-19-25-11-12-37(32,20-25)39-22-29-16-27(14-24(3)4)18-31(34(29)41)36(8,9)10/h15-18,21-25,32,40-41H,11-14,19-20H2,1-10H3. The third kappa shape index (κ3) is 7.07. The fourth-order valence-electron chi connectivity index (χ4n) is 6.93. The van der Waals surface area contributed by atoms with E-state index in [4.69, 9.17) is 9.98 Å². The van der Waals surface area contributed by atoms with E-state index in [9.17, 15) is 10.2 Å². The van der Waals surface area contributed by atoms with Crippen LogP contribution in [0.3, 0.4) is 0 Å². The zero-order valence-corrected chi connectivity index (χ0v) is 27.3. The summed E-state index contributed by atoms with van der Waals surface area (Å²) in [7, 11) is 0. The van der Waals surface area contributed by atoms with Crippen molar-refractivity contribution in [3.63, 3.8) is 0 Å². The van der Waals surface area contributed by atoms with Crippen LogP contribution in [0.15, 0.2) is 34.3 Å². The molecular weight excluding hydrogens is 504 g/mol. The van der Waals surface area contributed by atoms with Crippen LogP contribution in [0.1, 0.15) is 128 Å². The lowest BCUT2D eigenvalue weighted by Crippen LogP contribution is -2.34. The summed E-state index contributed by atoms with van der Waals surface area (Å²) in [6.45, 7) is 21.8. The Bertz CT molecular complexity index is 1310. The molecule has 2 bridgehead atoms. The Morgan fingerprint density at radius 2 is 1.29 bits per heavy atom. The first kappa shape index (κ1) is 31.3. The lowest BCUT2D eigenvalue weighted by atomic mass is 9.83. The molecule has 224 valence electrons. The first-order valence-electron chi connectivity index (χ1n) is 15.8. The maximum absolute atomic E-state index is 11.3. The van der Waals surface area contributed by atoms with E-state index in [1.54, 1.807) is 0 Å². The zero-order valence-electron chi connectivity index (χ0n) is 27.3. The summed E-state index contributed by atoms with van der Waals surface area (Å²) in [5.74, 6) is 2.39.